The molecule has 0 aliphatic rings. The number of carbonyl (C=O) groups excluding carboxylic acids is 1. The van der Waals surface area contributed by atoms with Crippen molar-refractivity contribution in [3.8, 4) is 5.75 Å². The van der Waals surface area contributed by atoms with Crippen molar-refractivity contribution in [2.24, 2.45) is 14.1 Å². The molecule has 1 N–H and O–H groups in total. The molecule has 0 bridgehead atoms. The summed E-state index contributed by atoms with van der Waals surface area (Å²) in [5.41, 5.74) is -0.0768. The lowest BCUT2D eigenvalue weighted by Crippen LogP contribution is -2.37. The molecule has 3 aromatic rings. The number of nitrogens with zero attached hydrogens (tertiary/aromatic N) is 4. The molecule has 1 aromatic carbocycles. The molecular formula is C18H19N5O4S. The molecule has 10 heteroatoms. The summed E-state index contributed by atoms with van der Waals surface area (Å²) in [6, 6.07) is 6.96. The molecule has 1 amide bonds. The maximum atomic E-state index is 12.6. The lowest BCUT2D eigenvalue weighted by Gasteiger charge is -2.11. The van der Waals surface area contributed by atoms with Crippen LogP contribution in [0.1, 0.15) is 5.82 Å². The zero-order valence-corrected chi connectivity index (χ0v) is 16.7. The lowest BCUT2D eigenvalue weighted by molar-refractivity contribution is -0.113. The molecular weight excluding hydrogens is 382 g/mol. The van der Waals surface area contributed by atoms with E-state index in [4.69, 9.17) is 4.74 Å². The Morgan fingerprint density at radius 3 is 2.46 bits per heavy atom. The van der Waals surface area contributed by atoms with E-state index in [0.717, 1.165) is 16.3 Å². The van der Waals surface area contributed by atoms with Crippen molar-refractivity contribution in [1.82, 2.24) is 19.1 Å². The molecule has 0 fully saturated rings. The summed E-state index contributed by atoms with van der Waals surface area (Å²) in [4.78, 5) is 45.5. The fourth-order valence-corrected chi connectivity index (χ4v) is 3.50. The van der Waals surface area contributed by atoms with Gasteiger partial charge < -0.3 is 10.1 Å². The fraction of sp³-hybridized carbons (Fsp3) is 0.278. The van der Waals surface area contributed by atoms with Crippen LogP contribution < -0.4 is 21.3 Å². The van der Waals surface area contributed by atoms with Crippen LogP contribution in [0.3, 0.4) is 0 Å². The lowest BCUT2D eigenvalue weighted by atomic mass is 10.3. The van der Waals surface area contributed by atoms with E-state index < -0.39 is 11.2 Å². The van der Waals surface area contributed by atoms with Crippen LogP contribution in [-0.2, 0) is 18.9 Å². The normalized spacial score (nSPS) is 10.9. The first-order chi connectivity index (χ1) is 13.3. The number of rotatable bonds is 5. The molecule has 0 saturated carbocycles. The minimum Gasteiger partial charge on any atom is -0.497 e. The average molecular weight is 401 g/mol. The van der Waals surface area contributed by atoms with Crippen molar-refractivity contribution < 1.29 is 9.53 Å². The SMILES string of the molecule is COc1ccc(NC(=O)CSc2nc(C)nc3c2c(=O)n(C)c(=O)n3C)cc1. The van der Waals surface area contributed by atoms with Gasteiger partial charge in [-0.3, -0.25) is 18.7 Å². The molecule has 0 unspecified atom stereocenters. The second kappa shape index (κ2) is 7.85. The second-order valence-electron chi connectivity index (χ2n) is 6.05. The number of benzene rings is 1. The quantitative estimate of drug-likeness (QED) is 0.503. The largest absolute Gasteiger partial charge is 0.497 e. The smallest absolute Gasteiger partial charge is 0.332 e. The summed E-state index contributed by atoms with van der Waals surface area (Å²) >= 11 is 1.12. The van der Waals surface area contributed by atoms with Gasteiger partial charge in [-0.05, 0) is 31.2 Å². The number of aromatic nitrogens is 4. The Morgan fingerprint density at radius 2 is 1.82 bits per heavy atom. The summed E-state index contributed by atoms with van der Waals surface area (Å²) in [6.07, 6.45) is 0. The van der Waals surface area contributed by atoms with Crippen LogP contribution in [-0.4, -0.2) is 37.9 Å². The van der Waals surface area contributed by atoms with Gasteiger partial charge in [0.1, 0.15) is 22.0 Å². The Morgan fingerprint density at radius 1 is 1.14 bits per heavy atom. The zero-order valence-electron chi connectivity index (χ0n) is 15.8. The third-order valence-electron chi connectivity index (χ3n) is 4.09. The Kier molecular flexibility index (Phi) is 5.50. The van der Waals surface area contributed by atoms with E-state index in [2.05, 4.69) is 15.3 Å². The summed E-state index contributed by atoms with van der Waals surface area (Å²) in [7, 11) is 4.51. The number of nitrogens with one attached hydrogen (secondary N) is 1. The standard InChI is InChI=1S/C18H19N5O4S/c1-10-19-15-14(17(25)23(3)18(26)22(15)2)16(20-10)28-9-13(24)21-11-5-7-12(27-4)8-6-11/h5-8H,9H2,1-4H3,(H,21,24). The van der Waals surface area contributed by atoms with Crippen LogP contribution in [0.5, 0.6) is 5.75 Å². The van der Waals surface area contributed by atoms with Gasteiger partial charge in [-0.25, -0.2) is 14.8 Å². The number of hydrogen-bond acceptors (Lipinski definition) is 7. The molecule has 146 valence electrons. The Balaban J connectivity index is 1.86. The number of ether oxygens (including phenoxy) is 1. The first-order valence-corrected chi connectivity index (χ1v) is 9.31. The predicted molar refractivity (Wildman–Crippen MR) is 107 cm³/mol. The van der Waals surface area contributed by atoms with E-state index in [1.807, 2.05) is 0 Å². The van der Waals surface area contributed by atoms with Gasteiger partial charge in [-0.15, -0.1) is 0 Å². The summed E-state index contributed by atoms with van der Waals surface area (Å²) in [6.45, 7) is 1.67. The monoisotopic (exact) mass is 401 g/mol. The molecule has 3 rings (SSSR count). The van der Waals surface area contributed by atoms with Crippen molar-refractivity contribution in [3.63, 3.8) is 0 Å². The van der Waals surface area contributed by atoms with Crippen molar-refractivity contribution in [2.45, 2.75) is 11.9 Å². The minimum atomic E-state index is -0.490. The highest BCUT2D eigenvalue weighted by Gasteiger charge is 2.17. The van der Waals surface area contributed by atoms with E-state index in [0.29, 0.717) is 22.3 Å². The highest BCUT2D eigenvalue weighted by atomic mass is 32.2. The average Bonchev–Trinajstić information content (AvgIpc) is 2.69. The van der Waals surface area contributed by atoms with Crippen LogP contribution in [0.15, 0.2) is 38.9 Å². The van der Waals surface area contributed by atoms with Crippen LogP contribution in [0.25, 0.3) is 11.0 Å². The number of aryl methyl sites for hydroxylation is 2. The molecule has 0 spiro atoms. The Labute approximate surface area is 164 Å². The molecule has 2 aromatic heterocycles. The summed E-state index contributed by atoms with van der Waals surface area (Å²) in [5.74, 6) is 0.899. The van der Waals surface area contributed by atoms with Crippen molar-refractivity contribution in [2.75, 3.05) is 18.2 Å². The molecule has 9 nitrogen and oxygen atoms in total. The summed E-state index contributed by atoms with van der Waals surface area (Å²) < 4.78 is 7.38. The number of amides is 1. The highest BCUT2D eigenvalue weighted by Crippen LogP contribution is 2.22. The number of carbonyl (C=O) groups is 1. The van der Waals surface area contributed by atoms with E-state index in [9.17, 15) is 14.4 Å². The molecule has 0 aliphatic heterocycles. The highest BCUT2D eigenvalue weighted by molar-refractivity contribution is 8.00. The molecule has 0 aliphatic carbocycles. The predicted octanol–water partition coefficient (Wildman–Crippen LogP) is 1.08. The van der Waals surface area contributed by atoms with Gasteiger partial charge in [-0.1, -0.05) is 11.8 Å². The first-order valence-electron chi connectivity index (χ1n) is 8.33. The van der Waals surface area contributed by atoms with Gasteiger partial charge >= 0.3 is 5.69 Å². The molecule has 0 atom stereocenters. The van der Waals surface area contributed by atoms with Crippen molar-refractivity contribution in [1.29, 1.82) is 0 Å². The van der Waals surface area contributed by atoms with Crippen molar-refractivity contribution >= 4 is 34.4 Å². The van der Waals surface area contributed by atoms with E-state index in [1.54, 1.807) is 45.3 Å². The number of anilines is 1. The van der Waals surface area contributed by atoms with Crippen LogP contribution in [0.2, 0.25) is 0 Å². The van der Waals surface area contributed by atoms with Crippen LogP contribution >= 0.6 is 11.8 Å². The fourth-order valence-electron chi connectivity index (χ4n) is 2.64. The number of hydrogen-bond donors (Lipinski definition) is 1. The van der Waals surface area contributed by atoms with Gasteiger partial charge in [0.05, 0.1) is 12.9 Å². The van der Waals surface area contributed by atoms with E-state index in [1.165, 1.54) is 11.6 Å². The first kappa shape index (κ1) is 19.6. The van der Waals surface area contributed by atoms with Gasteiger partial charge in [0, 0.05) is 19.8 Å². The van der Waals surface area contributed by atoms with Crippen LogP contribution in [0, 0.1) is 6.92 Å². The number of methoxy groups -OCH3 is 1. The van der Waals surface area contributed by atoms with Gasteiger partial charge in [0.2, 0.25) is 5.91 Å². The minimum absolute atomic E-state index is 0.0452. The molecule has 28 heavy (non-hydrogen) atoms. The Hall–Kier alpha value is -3.14. The maximum absolute atomic E-state index is 12.6. The number of thioether (sulfide) groups is 1. The van der Waals surface area contributed by atoms with Crippen molar-refractivity contribution in [3.05, 3.63) is 50.9 Å². The Bertz CT molecular complexity index is 1170. The summed E-state index contributed by atoms with van der Waals surface area (Å²) in [5, 5.41) is 3.36. The molecule has 0 saturated heterocycles. The molecule has 2 heterocycles. The van der Waals surface area contributed by atoms with Gasteiger partial charge in [-0.2, -0.15) is 0 Å². The molecule has 0 radical (unpaired) electrons. The van der Waals surface area contributed by atoms with E-state index in [-0.39, 0.29) is 22.7 Å². The zero-order chi connectivity index (χ0) is 20.4. The topological polar surface area (TPSA) is 108 Å². The second-order valence-corrected chi connectivity index (χ2v) is 7.01. The maximum Gasteiger partial charge on any atom is 0.332 e. The third kappa shape index (κ3) is 3.77. The van der Waals surface area contributed by atoms with E-state index >= 15 is 0 Å². The van der Waals surface area contributed by atoms with Gasteiger partial charge in [0.25, 0.3) is 5.56 Å². The van der Waals surface area contributed by atoms with Crippen LogP contribution in [0.4, 0.5) is 5.69 Å². The number of fused-ring (bicyclic) bond motifs is 1. The third-order valence-corrected chi connectivity index (χ3v) is 5.07. The van der Waals surface area contributed by atoms with Gasteiger partial charge in [0.15, 0.2) is 5.65 Å².